The van der Waals surface area contributed by atoms with Crippen LogP contribution in [0.15, 0.2) is 16.7 Å². The summed E-state index contributed by atoms with van der Waals surface area (Å²) in [4.78, 5) is 14.2. The van der Waals surface area contributed by atoms with Crippen LogP contribution in [0, 0.1) is 0 Å². The van der Waals surface area contributed by atoms with Crippen LogP contribution in [0.1, 0.15) is 48.9 Å². The third-order valence-corrected chi connectivity index (χ3v) is 4.33. The van der Waals surface area contributed by atoms with Crippen molar-refractivity contribution >= 4 is 17.5 Å². The molecule has 0 radical (unpaired) electrons. The van der Waals surface area contributed by atoms with Crippen LogP contribution in [0.25, 0.3) is 0 Å². The lowest BCUT2D eigenvalue weighted by Crippen LogP contribution is -2.35. The Kier molecular flexibility index (Phi) is 5.92. The van der Waals surface area contributed by atoms with Crippen molar-refractivity contribution in [1.82, 2.24) is 10.2 Å². The summed E-state index contributed by atoms with van der Waals surface area (Å²) in [6.45, 7) is 1.68. The first-order valence-corrected chi connectivity index (χ1v) is 7.77. The minimum atomic E-state index is -0.163. The van der Waals surface area contributed by atoms with Gasteiger partial charge in [-0.2, -0.15) is 0 Å². The van der Waals surface area contributed by atoms with Gasteiger partial charge in [-0.05, 0) is 50.5 Å². The number of nitrogens with one attached hydrogen (secondary N) is 1. The van der Waals surface area contributed by atoms with E-state index in [-0.39, 0.29) is 11.1 Å². The van der Waals surface area contributed by atoms with Gasteiger partial charge in [-0.15, -0.1) is 0 Å². The highest BCUT2D eigenvalue weighted by atomic mass is 35.5. The fraction of sp³-hybridized carbons (Fsp3) is 0.667. The van der Waals surface area contributed by atoms with Crippen molar-refractivity contribution < 1.29 is 9.21 Å². The lowest BCUT2D eigenvalue weighted by atomic mass is 9.94. The molecule has 4 nitrogen and oxygen atoms in total. The molecule has 112 valence electrons. The van der Waals surface area contributed by atoms with E-state index in [9.17, 15) is 4.79 Å². The molecule has 0 aliphatic heterocycles. The molecule has 0 aromatic carbocycles. The van der Waals surface area contributed by atoms with Crippen LogP contribution >= 0.6 is 11.6 Å². The summed E-state index contributed by atoms with van der Waals surface area (Å²) in [5, 5.41) is 3.03. The van der Waals surface area contributed by atoms with Gasteiger partial charge in [-0.25, -0.2) is 0 Å². The minimum Gasteiger partial charge on any atom is -0.452 e. The van der Waals surface area contributed by atoms with Crippen molar-refractivity contribution in [3.63, 3.8) is 0 Å². The van der Waals surface area contributed by atoms with E-state index < -0.39 is 0 Å². The van der Waals surface area contributed by atoms with Crippen molar-refractivity contribution in [2.75, 3.05) is 20.1 Å². The zero-order chi connectivity index (χ0) is 14.4. The van der Waals surface area contributed by atoms with Gasteiger partial charge >= 0.3 is 0 Å². The van der Waals surface area contributed by atoms with Gasteiger partial charge < -0.3 is 14.6 Å². The fourth-order valence-corrected chi connectivity index (χ4v) is 2.99. The molecule has 0 saturated heterocycles. The Morgan fingerprint density at radius 3 is 2.85 bits per heavy atom. The largest absolute Gasteiger partial charge is 0.452 e. The number of hydrogen-bond donors (Lipinski definition) is 1. The molecule has 1 aromatic rings. The summed E-state index contributed by atoms with van der Waals surface area (Å²) in [5.41, 5.74) is 0.410. The van der Waals surface area contributed by atoms with Gasteiger partial charge in [0.15, 0.2) is 0 Å². The van der Waals surface area contributed by atoms with Gasteiger partial charge in [0, 0.05) is 12.6 Å². The standard InChI is InChI=1S/C15H23ClN2O2/c1-18(12-6-3-2-4-7-12)10-5-9-17-15(19)13-8-11-20-14(13)16/h8,11-12H,2-7,9-10H2,1H3,(H,17,19). The van der Waals surface area contributed by atoms with Gasteiger partial charge in [-0.3, -0.25) is 4.79 Å². The number of rotatable bonds is 6. The molecule has 1 saturated carbocycles. The number of hydrogen-bond acceptors (Lipinski definition) is 3. The molecule has 0 spiro atoms. The SMILES string of the molecule is CN(CCCNC(=O)c1ccoc1Cl)C1CCCCC1. The highest BCUT2D eigenvalue weighted by Crippen LogP contribution is 2.21. The quantitative estimate of drug-likeness (QED) is 0.820. The maximum atomic E-state index is 11.8. The highest BCUT2D eigenvalue weighted by molar-refractivity contribution is 6.32. The molecule has 0 atom stereocenters. The second-order valence-electron chi connectivity index (χ2n) is 5.49. The average molecular weight is 299 g/mol. The van der Waals surface area contributed by atoms with Crippen molar-refractivity contribution in [3.8, 4) is 0 Å². The lowest BCUT2D eigenvalue weighted by molar-refractivity contribution is 0.0950. The predicted molar refractivity (Wildman–Crippen MR) is 80.2 cm³/mol. The summed E-state index contributed by atoms with van der Waals surface area (Å²) in [5.74, 6) is -0.163. The first-order chi connectivity index (χ1) is 9.68. The fourth-order valence-electron chi connectivity index (χ4n) is 2.79. The van der Waals surface area contributed by atoms with Gasteiger partial charge in [0.25, 0.3) is 5.91 Å². The number of carbonyl (C=O) groups excluding carboxylic acids is 1. The normalized spacial score (nSPS) is 16.6. The smallest absolute Gasteiger partial charge is 0.256 e. The Bertz CT molecular complexity index is 427. The Balaban J connectivity index is 1.63. The van der Waals surface area contributed by atoms with Crippen LogP contribution in [-0.2, 0) is 0 Å². The third-order valence-electron chi connectivity index (χ3n) is 4.03. The molecular formula is C15H23ClN2O2. The third kappa shape index (κ3) is 4.25. The topological polar surface area (TPSA) is 45.5 Å². The Hall–Kier alpha value is -1.00. The molecule has 1 aromatic heterocycles. The van der Waals surface area contributed by atoms with Crippen molar-refractivity contribution in [2.24, 2.45) is 0 Å². The first kappa shape index (κ1) is 15.4. The van der Waals surface area contributed by atoms with Gasteiger partial charge in [0.1, 0.15) is 0 Å². The Morgan fingerprint density at radius 2 is 2.20 bits per heavy atom. The number of furan rings is 1. The molecule has 1 amide bonds. The molecule has 0 bridgehead atoms. The first-order valence-electron chi connectivity index (χ1n) is 7.40. The highest BCUT2D eigenvalue weighted by Gasteiger charge is 2.17. The van der Waals surface area contributed by atoms with E-state index in [0.29, 0.717) is 12.1 Å². The number of halogens is 1. The summed E-state index contributed by atoms with van der Waals surface area (Å²) in [6.07, 6.45) is 9.09. The summed E-state index contributed by atoms with van der Waals surface area (Å²) in [7, 11) is 2.19. The zero-order valence-electron chi connectivity index (χ0n) is 12.0. The van der Waals surface area contributed by atoms with E-state index >= 15 is 0 Å². The second-order valence-corrected chi connectivity index (χ2v) is 5.83. The molecule has 1 aliphatic rings. The molecule has 20 heavy (non-hydrogen) atoms. The molecule has 1 fully saturated rings. The lowest BCUT2D eigenvalue weighted by Gasteiger charge is -2.31. The summed E-state index contributed by atoms with van der Waals surface area (Å²) in [6, 6.07) is 2.31. The van der Waals surface area contributed by atoms with E-state index in [4.69, 9.17) is 16.0 Å². The predicted octanol–water partition coefficient (Wildman–Crippen LogP) is 3.32. The van der Waals surface area contributed by atoms with Crippen LogP contribution < -0.4 is 5.32 Å². The van der Waals surface area contributed by atoms with E-state index in [1.807, 2.05) is 0 Å². The van der Waals surface area contributed by atoms with Crippen molar-refractivity contribution in [1.29, 1.82) is 0 Å². The number of carbonyl (C=O) groups is 1. The number of amides is 1. The average Bonchev–Trinajstić information content (AvgIpc) is 2.90. The minimum absolute atomic E-state index is 0.154. The maximum Gasteiger partial charge on any atom is 0.256 e. The molecular weight excluding hydrogens is 276 g/mol. The molecule has 0 unspecified atom stereocenters. The molecule has 1 heterocycles. The second kappa shape index (κ2) is 7.70. The molecule has 1 N–H and O–H groups in total. The maximum absolute atomic E-state index is 11.8. The van der Waals surface area contributed by atoms with Crippen LogP contribution in [0.3, 0.4) is 0 Å². The van der Waals surface area contributed by atoms with Crippen LogP contribution in [0.2, 0.25) is 5.22 Å². The van der Waals surface area contributed by atoms with Gasteiger partial charge in [0.2, 0.25) is 5.22 Å². The summed E-state index contributed by atoms with van der Waals surface area (Å²) >= 11 is 5.76. The van der Waals surface area contributed by atoms with Crippen LogP contribution in [-0.4, -0.2) is 37.0 Å². The van der Waals surface area contributed by atoms with E-state index in [1.54, 1.807) is 6.07 Å². The van der Waals surface area contributed by atoms with Crippen molar-refractivity contribution in [2.45, 2.75) is 44.6 Å². The summed E-state index contributed by atoms with van der Waals surface area (Å²) < 4.78 is 4.91. The Morgan fingerprint density at radius 1 is 1.45 bits per heavy atom. The zero-order valence-corrected chi connectivity index (χ0v) is 12.8. The van der Waals surface area contributed by atoms with E-state index in [0.717, 1.165) is 19.0 Å². The van der Waals surface area contributed by atoms with Crippen LogP contribution in [0.4, 0.5) is 0 Å². The molecule has 5 heteroatoms. The molecule has 2 rings (SSSR count). The van der Waals surface area contributed by atoms with Crippen LogP contribution in [0.5, 0.6) is 0 Å². The monoisotopic (exact) mass is 298 g/mol. The molecule has 1 aliphatic carbocycles. The van der Waals surface area contributed by atoms with Gasteiger partial charge in [0.05, 0.1) is 11.8 Å². The Labute approximate surface area is 125 Å². The van der Waals surface area contributed by atoms with E-state index in [1.165, 1.54) is 38.4 Å². The van der Waals surface area contributed by atoms with E-state index in [2.05, 4.69) is 17.3 Å². The van der Waals surface area contributed by atoms with Crippen molar-refractivity contribution in [3.05, 3.63) is 23.1 Å². The van der Waals surface area contributed by atoms with Gasteiger partial charge in [-0.1, -0.05) is 19.3 Å². The number of nitrogens with zero attached hydrogens (tertiary/aromatic N) is 1.